The van der Waals surface area contributed by atoms with Crippen LogP contribution < -0.4 is 0 Å². The van der Waals surface area contributed by atoms with Gasteiger partial charge in [0.1, 0.15) is 27.2 Å². The molecule has 0 saturated carbocycles. The molecule has 5 nitrogen and oxygen atoms in total. The summed E-state index contributed by atoms with van der Waals surface area (Å²) in [5.41, 5.74) is 1.35. The molecule has 1 heterocycles. The quantitative estimate of drug-likeness (QED) is 0.617. The molecule has 0 unspecified atom stereocenters. The molecular formula is C9H15NO4OsS. The zero-order valence-corrected chi connectivity index (χ0v) is 12.6. The van der Waals surface area contributed by atoms with Gasteiger partial charge in [-0.2, -0.15) is 0 Å². The monoisotopic (exact) mass is 425 g/mol. The molecule has 0 saturated heterocycles. The number of carbonyl (C=O) groups excluding carboxylic acids is 4. The van der Waals surface area contributed by atoms with Crippen molar-refractivity contribution in [3.8, 4) is 0 Å². The number of thiazole rings is 1. The summed E-state index contributed by atoms with van der Waals surface area (Å²) in [7, 11) is 2.09. The van der Waals surface area contributed by atoms with Gasteiger partial charge in [-0.05, 0) is 0 Å². The third-order valence-electron chi connectivity index (χ3n) is 1.11. The summed E-state index contributed by atoms with van der Waals surface area (Å²) >= 11 is 3.74. The van der Waals surface area contributed by atoms with Crippen LogP contribution in [0.5, 0.6) is 0 Å². The summed E-state index contributed by atoms with van der Waals surface area (Å²) in [6.07, 6.45) is 0. The van der Waals surface area contributed by atoms with Gasteiger partial charge in [-0.25, -0.2) is 0 Å². The van der Waals surface area contributed by atoms with Crippen LogP contribution in [0, 0.1) is 10.1 Å². The first-order valence-electron chi connectivity index (χ1n) is 3.45. The Morgan fingerprint density at radius 3 is 1.44 bits per heavy atom. The Morgan fingerprint density at radius 2 is 1.38 bits per heavy atom. The Balaban J connectivity index is -0.0000000771. The fourth-order valence-corrected chi connectivity index (χ4v) is 2.05. The summed E-state index contributed by atoms with van der Waals surface area (Å²) in [6, 6.07) is 0. The summed E-state index contributed by atoms with van der Waals surface area (Å²) < 4.78 is 3.59. The molecule has 7 heteroatoms. The number of rotatable bonds is 0. The average Bonchev–Trinajstić information content (AvgIpc) is 2.70. The number of hydrogen-bond donors (Lipinski definition) is 0. The number of aryl methyl sites for hydroxylation is 1. The molecule has 1 aromatic heterocycles. The molecule has 16 heavy (non-hydrogen) atoms. The molecule has 0 atom stereocenters. The first-order valence-corrected chi connectivity index (χ1v) is 5.60. The van der Waals surface area contributed by atoms with E-state index in [1.165, 1.54) is 8.85 Å². The van der Waals surface area contributed by atoms with Crippen LogP contribution in [-0.2, 0) is 44.4 Å². The van der Waals surface area contributed by atoms with E-state index in [1.54, 1.807) is 11.3 Å². The molecule has 0 aromatic carbocycles. The third kappa shape index (κ3) is 12.9. The van der Waals surface area contributed by atoms with Crippen LogP contribution in [-0.4, -0.2) is 31.7 Å². The van der Waals surface area contributed by atoms with E-state index in [0.29, 0.717) is 0 Å². The molecule has 0 N–H and O–H groups in total. The fraction of sp³-hybridized carbons (Fsp3) is 0.222. The number of carbonyl (C=O) groups is 4. The van der Waals surface area contributed by atoms with Crippen molar-refractivity contribution in [1.82, 2.24) is 4.57 Å². The molecular weight excluding hydrogens is 408 g/mol. The predicted molar refractivity (Wildman–Crippen MR) is 59.8 cm³/mol. The van der Waals surface area contributed by atoms with Crippen molar-refractivity contribution in [3.63, 3.8) is 0 Å². The van der Waals surface area contributed by atoms with Crippen molar-refractivity contribution < 1.29 is 37.3 Å². The van der Waals surface area contributed by atoms with Crippen LogP contribution >= 0.6 is 11.3 Å². The molecule has 0 aliphatic carbocycles. The molecule has 1 aromatic rings. The van der Waals surface area contributed by atoms with Crippen LogP contribution in [0.2, 0.25) is 0 Å². The van der Waals surface area contributed by atoms with E-state index in [9.17, 15) is 0 Å². The maximum atomic E-state index is 8.00. The van der Waals surface area contributed by atoms with E-state index < -0.39 is 0 Å². The van der Waals surface area contributed by atoms with Crippen molar-refractivity contribution in [2.24, 2.45) is 7.05 Å². The molecule has 94 valence electrons. The van der Waals surface area contributed by atoms with E-state index in [1.807, 2.05) is 45.3 Å². The van der Waals surface area contributed by atoms with Gasteiger partial charge in [-0.15, -0.1) is 0 Å². The zero-order valence-electron chi connectivity index (χ0n) is 9.25. The van der Waals surface area contributed by atoms with E-state index in [2.05, 4.69) is 23.9 Å². The standard InChI is InChI=1S/C5H7NS.4CH2O.Os/c1-5-3-7-4-6(5)2;4*1-2;/h3H,1-2H3;4*1H2;. The Hall–Kier alpha value is -1.05. The van der Waals surface area contributed by atoms with Gasteiger partial charge in [0.25, 0.3) is 0 Å². The van der Waals surface area contributed by atoms with Crippen LogP contribution in [0.3, 0.4) is 0 Å². The Kier molecular flexibility index (Phi) is 35.8. The molecule has 0 aliphatic heterocycles. The van der Waals surface area contributed by atoms with Gasteiger partial charge in [0.05, 0.1) is 0 Å². The van der Waals surface area contributed by atoms with Crippen LogP contribution in [0.25, 0.3) is 0 Å². The number of aromatic nitrogens is 1. The van der Waals surface area contributed by atoms with E-state index >= 15 is 0 Å². The van der Waals surface area contributed by atoms with E-state index in [0.717, 1.165) is 0 Å². The Labute approximate surface area is 109 Å². The first kappa shape index (κ1) is 24.3. The number of nitrogens with zero attached hydrogens (tertiary/aromatic N) is 1. The number of hydrogen-bond acceptors (Lipinski definition) is 5. The van der Waals surface area contributed by atoms with Crippen LogP contribution in [0.4, 0.5) is 0 Å². The van der Waals surface area contributed by atoms with E-state index in [-0.39, 0.29) is 0 Å². The minimum atomic E-state index is 1.35. The van der Waals surface area contributed by atoms with Crippen molar-refractivity contribution in [2.45, 2.75) is 6.92 Å². The summed E-state index contributed by atoms with van der Waals surface area (Å²) in [4.78, 5) is 32.0. The van der Waals surface area contributed by atoms with Crippen molar-refractivity contribution in [3.05, 3.63) is 14.2 Å². The van der Waals surface area contributed by atoms with Gasteiger partial charge >= 0.3 is 62.3 Å². The molecule has 0 amide bonds. The fourth-order valence-electron chi connectivity index (χ4n) is 0.425. The predicted octanol–water partition coefficient (Wildman–Crippen LogP) is 0.734. The summed E-state index contributed by atoms with van der Waals surface area (Å²) in [5.74, 6) is 0. The topological polar surface area (TPSA) is 73.2 Å². The third-order valence-corrected chi connectivity index (χ3v) is 3.78. The van der Waals surface area contributed by atoms with Crippen LogP contribution in [0.15, 0.2) is 5.38 Å². The molecule has 0 spiro atoms. The normalized spacial score (nSPS) is 5.94. The second kappa shape index (κ2) is 23.6. The molecule has 0 aliphatic rings. The maximum absolute atomic E-state index is 8.00. The first-order chi connectivity index (χ1) is 7.72. The van der Waals surface area contributed by atoms with Gasteiger partial charge < -0.3 is 19.2 Å². The van der Waals surface area contributed by atoms with Crippen LogP contribution in [0.1, 0.15) is 5.69 Å². The second-order valence-corrected chi connectivity index (χ2v) is 4.60. The average molecular weight is 424 g/mol. The van der Waals surface area contributed by atoms with Gasteiger partial charge in [-0.1, -0.05) is 0 Å². The summed E-state index contributed by atoms with van der Waals surface area (Å²) in [6.45, 7) is 10.1. The second-order valence-electron chi connectivity index (χ2n) is 1.68. The van der Waals surface area contributed by atoms with Crippen molar-refractivity contribution in [1.29, 1.82) is 0 Å². The minimum absolute atomic E-state index is 1.35. The van der Waals surface area contributed by atoms with Crippen molar-refractivity contribution >= 4 is 38.5 Å². The van der Waals surface area contributed by atoms with Gasteiger partial charge in [0, 0.05) is 0 Å². The van der Waals surface area contributed by atoms with Gasteiger partial charge in [-0.3, -0.25) is 0 Å². The SMILES string of the molecule is C=O.C=O.C=O.C=O.Cc1cs[c](=[Os])n1C. The van der Waals surface area contributed by atoms with Gasteiger partial charge in [0.2, 0.25) is 0 Å². The zero-order chi connectivity index (χ0) is 14.1. The molecule has 0 bridgehead atoms. The molecule has 0 radical (unpaired) electrons. The van der Waals surface area contributed by atoms with Crippen molar-refractivity contribution in [2.75, 3.05) is 0 Å². The molecule has 0 fully saturated rings. The van der Waals surface area contributed by atoms with Gasteiger partial charge in [0.15, 0.2) is 0 Å². The Bertz CT molecular complexity index is 292. The molecule has 1 rings (SSSR count). The summed E-state index contributed by atoms with van der Waals surface area (Å²) in [5, 5.41) is 2.17. The van der Waals surface area contributed by atoms with E-state index in [4.69, 9.17) is 19.2 Å². The Morgan fingerprint density at radius 1 is 1.06 bits per heavy atom.